The van der Waals surface area contributed by atoms with Gasteiger partial charge < -0.3 is 44.5 Å². The van der Waals surface area contributed by atoms with Gasteiger partial charge in [0, 0.05) is 23.6 Å². The number of aliphatic hydroxyl groups excluding tert-OH is 1. The Kier molecular flexibility index (Phi) is 7.58. The second kappa shape index (κ2) is 10.4. The number of carbonyl (C=O) groups excluding carboxylic acids is 3. The number of nitro groups is 1. The molecule has 4 heterocycles. The van der Waals surface area contributed by atoms with Crippen LogP contribution in [0.5, 0.6) is 0 Å². The minimum atomic E-state index is -0.875. The van der Waals surface area contributed by atoms with Crippen molar-refractivity contribution in [1.29, 1.82) is 0 Å². The molecule has 0 radical (unpaired) electrons. The summed E-state index contributed by atoms with van der Waals surface area (Å²) in [4.78, 5) is 50.9. The second-order valence-electron chi connectivity index (χ2n) is 9.24. The third-order valence-electron chi connectivity index (χ3n) is 6.76. The average Bonchev–Trinajstić information content (AvgIpc) is 3.45. The van der Waals surface area contributed by atoms with Crippen molar-refractivity contribution in [2.75, 3.05) is 0 Å². The lowest BCUT2D eigenvalue weighted by atomic mass is 9.77. The van der Waals surface area contributed by atoms with Crippen LogP contribution in [0.25, 0.3) is 10.4 Å². The smallest absolute Gasteiger partial charge is 0.355 e. The maximum Gasteiger partial charge on any atom is 0.355 e. The number of hydrogen-bond donors (Lipinski definition) is 2. The van der Waals surface area contributed by atoms with E-state index in [1.54, 1.807) is 24.0 Å². The van der Waals surface area contributed by atoms with Crippen molar-refractivity contribution in [3.63, 3.8) is 0 Å². The number of rotatable bonds is 8. The molecule has 3 aromatic rings. The molecule has 2 amide bonds. The molecule has 2 aromatic heterocycles. The summed E-state index contributed by atoms with van der Waals surface area (Å²) in [6.07, 6.45) is 4.43. The third kappa shape index (κ3) is 4.67. The van der Waals surface area contributed by atoms with E-state index in [1.807, 2.05) is 17.5 Å². The van der Waals surface area contributed by atoms with Gasteiger partial charge in [-0.1, -0.05) is 18.3 Å². The van der Waals surface area contributed by atoms with Crippen molar-refractivity contribution in [1.82, 2.24) is 9.30 Å². The maximum absolute atomic E-state index is 13.4. The minimum Gasteiger partial charge on any atom is -1.00 e. The van der Waals surface area contributed by atoms with E-state index in [9.17, 15) is 29.6 Å². The third-order valence-corrected chi connectivity index (χ3v) is 7.83. The van der Waals surface area contributed by atoms with E-state index in [0.29, 0.717) is 11.1 Å². The van der Waals surface area contributed by atoms with Crippen LogP contribution in [-0.2, 0) is 32.3 Å². The molecule has 2 aliphatic heterocycles. The van der Waals surface area contributed by atoms with Crippen molar-refractivity contribution < 1.29 is 57.7 Å². The summed E-state index contributed by atoms with van der Waals surface area (Å²) in [6.45, 7) is 3.37. The molecule has 0 bridgehead atoms. The van der Waals surface area contributed by atoms with Gasteiger partial charge in [0.15, 0.2) is 6.54 Å². The number of halogens is 1. The van der Waals surface area contributed by atoms with E-state index in [-0.39, 0.29) is 66.4 Å². The topological polar surface area (TPSA) is 161 Å². The number of non-ortho nitro benzene ring substituents is 1. The Balaban J connectivity index is 0.00000336. The largest absolute Gasteiger partial charge is 1.00 e. The number of nitrogens with two attached hydrogens (primary N) is 1. The second-order valence-corrected chi connectivity index (χ2v) is 10.3. The molecule has 3 N–H and O–H groups in total. The van der Waals surface area contributed by atoms with Crippen LogP contribution < -0.4 is 34.3 Å². The number of thiazole rings is 1. The lowest BCUT2D eigenvalue weighted by molar-refractivity contribution is -0.682. The number of nitrogens with zero attached hydrogens (tertiary/aromatic N) is 4. The highest BCUT2D eigenvalue weighted by Crippen LogP contribution is 2.51. The summed E-state index contributed by atoms with van der Waals surface area (Å²) in [6, 6.07) is 5.27. The van der Waals surface area contributed by atoms with Crippen molar-refractivity contribution in [2.45, 2.75) is 39.1 Å². The number of carbonyl (C=O) groups is 3. The molecule has 200 valence electrons. The average molecular weight is 653 g/mol. The first-order chi connectivity index (χ1) is 17.6. The molecule has 1 aromatic carbocycles. The lowest BCUT2D eigenvalue weighted by Crippen LogP contribution is -3.00. The van der Waals surface area contributed by atoms with E-state index in [0.717, 1.165) is 9.71 Å². The molecule has 1 fully saturated rings. The van der Waals surface area contributed by atoms with Gasteiger partial charge in [-0.05, 0) is 24.6 Å². The highest BCUT2D eigenvalue weighted by molar-refractivity contribution is 7.18. The van der Waals surface area contributed by atoms with Gasteiger partial charge in [0.1, 0.15) is 24.7 Å². The number of hydrogen-bond acceptors (Lipinski definition) is 8. The molecule has 38 heavy (non-hydrogen) atoms. The molecule has 12 nitrogen and oxygen atoms in total. The van der Waals surface area contributed by atoms with Crippen molar-refractivity contribution >= 4 is 45.2 Å². The van der Waals surface area contributed by atoms with Crippen molar-refractivity contribution in [2.24, 2.45) is 17.6 Å². The fourth-order valence-corrected chi connectivity index (χ4v) is 6.28. The predicted molar refractivity (Wildman–Crippen MR) is 129 cm³/mol. The first-order valence-electron chi connectivity index (χ1n) is 11.5. The van der Waals surface area contributed by atoms with Crippen LogP contribution in [0.2, 0.25) is 0 Å². The molecule has 2 aliphatic rings. The number of primary amides is 1. The van der Waals surface area contributed by atoms with Gasteiger partial charge in [-0.2, -0.15) is 4.40 Å². The number of aromatic nitrogens is 2. The Bertz CT molecular complexity index is 1450. The number of amides is 2. The molecule has 0 unspecified atom stereocenters. The maximum atomic E-state index is 13.4. The number of imidazole rings is 1. The van der Waals surface area contributed by atoms with Crippen LogP contribution in [-0.4, -0.2) is 49.3 Å². The van der Waals surface area contributed by atoms with Crippen LogP contribution in [0.4, 0.5) is 5.69 Å². The monoisotopic (exact) mass is 653 g/mol. The minimum absolute atomic E-state index is 0. The first-order valence-corrected chi connectivity index (χ1v) is 12.3. The molecule has 0 spiro atoms. The number of esters is 1. The zero-order chi connectivity index (χ0) is 26.6. The van der Waals surface area contributed by atoms with Gasteiger partial charge >= 0.3 is 5.97 Å². The molecule has 0 aliphatic carbocycles. The highest BCUT2D eigenvalue weighted by atomic mass is 127. The van der Waals surface area contributed by atoms with Crippen LogP contribution >= 0.6 is 11.3 Å². The quantitative estimate of drug-likeness (QED) is 0.0710. The number of benzene rings is 1. The fraction of sp³-hybridized carbons (Fsp3) is 0.333. The standard InChI is InChI=1S/C24H23N5O7S.HI/c1-12-19(16-7-27-11-26(8-17(25)31)9-18(27)37-16)22(28-21(12)20(13(2)30)23(28)32)24(33)36-10-14-3-5-15(6-4-14)29(34)35;/h3-7,9,11-13,20-21,30H,8,10H2,1-2H3,(H-,25,31);1H/t12-,13+,20+,21+;/m0./s1. The zero-order valence-corrected chi connectivity index (χ0v) is 23.3. The van der Waals surface area contributed by atoms with Crippen molar-refractivity contribution in [3.8, 4) is 0 Å². The first kappa shape index (κ1) is 27.7. The molecule has 4 atom stereocenters. The molecular weight excluding hydrogens is 629 g/mol. The van der Waals surface area contributed by atoms with E-state index in [1.165, 1.54) is 40.5 Å². The Morgan fingerprint density at radius 1 is 1.32 bits per heavy atom. The van der Waals surface area contributed by atoms with Crippen LogP contribution in [0.3, 0.4) is 0 Å². The van der Waals surface area contributed by atoms with E-state index < -0.39 is 28.8 Å². The summed E-state index contributed by atoms with van der Waals surface area (Å²) >= 11 is 1.39. The highest BCUT2D eigenvalue weighted by Gasteiger charge is 2.60. The van der Waals surface area contributed by atoms with Gasteiger partial charge in [0.2, 0.25) is 17.1 Å². The number of β-lactam (4-membered cyclic amide) rings is 1. The summed E-state index contributed by atoms with van der Waals surface area (Å²) in [5.74, 6) is -2.39. The van der Waals surface area contributed by atoms with E-state index in [2.05, 4.69) is 0 Å². The van der Waals surface area contributed by atoms with Gasteiger partial charge in [-0.3, -0.25) is 19.7 Å². The molecule has 1 saturated heterocycles. The summed E-state index contributed by atoms with van der Waals surface area (Å²) in [5.41, 5.74) is 6.55. The Morgan fingerprint density at radius 3 is 2.58 bits per heavy atom. The Morgan fingerprint density at radius 2 is 2.00 bits per heavy atom. The van der Waals surface area contributed by atoms with Gasteiger partial charge in [-0.25, -0.2) is 9.36 Å². The normalized spacial score (nSPS) is 21.1. The molecule has 5 rings (SSSR count). The van der Waals surface area contributed by atoms with Gasteiger partial charge in [0.05, 0.1) is 27.9 Å². The molecule has 0 saturated carbocycles. The summed E-state index contributed by atoms with van der Waals surface area (Å²) in [7, 11) is 0. The number of nitro benzene ring substituents is 1. The molecule has 14 heteroatoms. The number of aliphatic hydroxyl groups is 1. The van der Waals surface area contributed by atoms with Gasteiger partial charge in [-0.15, -0.1) is 0 Å². The van der Waals surface area contributed by atoms with E-state index >= 15 is 0 Å². The Labute approximate surface area is 237 Å². The Hall–Kier alpha value is -3.37. The van der Waals surface area contributed by atoms with Gasteiger partial charge in [0.25, 0.3) is 11.6 Å². The SMILES string of the molecule is C[C@@H](O)[C@H]1C(=O)N2C(C(=O)OCc3ccc([N+](=O)[O-])cc3)=C(c3cn4c[n+](CC(N)=O)cc4s3)[C@H](C)[C@H]12.[I-]. The number of fused-ring (bicyclic) bond motifs is 2. The fourth-order valence-electron chi connectivity index (χ4n) is 5.11. The summed E-state index contributed by atoms with van der Waals surface area (Å²) in [5, 5.41) is 21.1. The van der Waals surface area contributed by atoms with Crippen LogP contribution in [0.15, 0.2) is 48.7 Å². The van der Waals surface area contributed by atoms with Crippen molar-refractivity contribution in [3.05, 3.63) is 69.2 Å². The number of ether oxygens (including phenoxy) is 1. The molecular formula is C24H24IN5O7S. The summed E-state index contributed by atoms with van der Waals surface area (Å²) < 4.78 is 9.02. The zero-order valence-electron chi connectivity index (χ0n) is 20.3. The lowest BCUT2D eigenvalue weighted by Gasteiger charge is -2.46. The van der Waals surface area contributed by atoms with E-state index in [4.69, 9.17) is 10.5 Å². The van der Waals surface area contributed by atoms with Crippen LogP contribution in [0.1, 0.15) is 24.3 Å². The van der Waals surface area contributed by atoms with Crippen LogP contribution in [0, 0.1) is 22.0 Å². The predicted octanol–water partition coefficient (Wildman–Crippen LogP) is -2.00.